The maximum absolute atomic E-state index is 13.5. The Balaban J connectivity index is 1.48. The van der Waals surface area contributed by atoms with E-state index < -0.39 is 0 Å². The summed E-state index contributed by atoms with van der Waals surface area (Å²) in [4.78, 5) is 32.8. The summed E-state index contributed by atoms with van der Waals surface area (Å²) in [6, 6.07) is 21.0. The number of nitrogens with zero attached hydrogens (tertiary/aromatic N) is 2. The summed E-state index contributed by atoms with van der Waals surface area (Å²) in [5.74, 6) is -0.177. The Labute approximate surface area is 213 Å². The van der Waals surface area contributed by atoms with Crippen molar-refractivity contribution in [2.24, 2.45) is 0 Å². The first kappa shape index (κ1) is 23.2. The average molecular weight is 528 g/mol. The third-order valence-electron chi connectivity index (χ3n) is 6.47. The van der Waals surface area contributed by atoms with Crippen molar-refractivity contribution >= 4 is 44.3 Å². The van der Waals surface area contributed by atoms with Crippen LogP contribution in [0.3, 0.4) is 0 Å². The number of nitrogens with one attached hydrogen (secondary N) is 1. The van der Waals surface area contributed by atoms with Crippen LogP contribution in [0.4, 0.5) is 5.69 Å². The highest BCUT2D eigenvalue weighted by Crippen LogP contribution is 2.30. The Bertz CT molecular complexity index is 1440. The van der Waals surface area contributed by atoms with Gasteiger partial charge in [-0.25, -0.2) is 4.98 Å². The molecule has 2 amide bonds. The lowest BCUT2D eigenvalue weighted by Crippen LogP contribution is -2.27. The molecule has 0 bridgehead atoms. The summed E-state index contributed by atoms with van der Waals surface area (Å²) in [7, 11) is 0. The number of aromatic nitrogens is 1. The number of benzene rings is 3. The molecule has 0 radical (unpaired) electrons. The molecule has 5 rings (SSSR count). The maximum Gasteiger partial charge on any atom is 0.256 e. The van der Waals surface area contributed by atoms with Gasteiger partial charge >= 0.3 is 0 Å². The molecule has 1 N–H and O–H groups in total. The summed E-state index contributed by atoms with van der Waals surface area (Å²) in [5, 5.41) is 3.77. The lowest BCUT2D eigenvalue weighted by atomic mass is 9.99. The van der Waals surface area contributed by atoms with Crippen LogP contribution in [0.25, 0.3) is 22.2 Å². The van der Waals surface area contributed by atoms with Crippen molar-refractivity contribution in [3.8, 4) is 11.3 Å². The summed E-state index contributed by atoms with van der Waals surface area (Å²) >= 11 is 3.52. The number of aryl methyl sites for hydroxylation is 2. The Morgan fingerprint density at radius 3 is 2.40 bits per heavy atom. The van der Waals surface area contributed by atoms with Crippen LogP contribution in [-0.4, -0.2) is 34.8 Å². The van der Waals surface area contributed by atoms with Gasteiger partial charge < -0.3 is 10.2 Å². The molecular formula is C29H26BrN3O2. The van der Waals surface area contributed by atoms with Gasteiger partial charge in [-0.05, 0) is 86.8 Å². The lowest BCUT2D eigenvalue weighted by molar-refractivity contribution is 0.0792. The van der Waals surface area contributed by atoms with Crippen LogP contribution in [0.1, 0.15) is 44.7 Å². The molecule has 1 aliphatic rings. The molecule has 1 aromatic heterocycles. The number of fused-ring (bicyclic) bond motifs is 1. The van der Waals surface area contributed by atoms with E-state index in [0.29, 0.717) is 16.8 Å². The fourth-order valence-electron chi connectivity index (χ4n) is 4.53. The number of carbonyl (C=O) groups is 2. The van der Waals surface area contributed by atoms with Crippen molar-refractivity contribution in [1.29, 1.82) is 0 Å². The highest BCUT2D eigenvalue weighted by atomic mass is 79.9. The van der Waals surface area contributed by atoms with Gasteiger partial charge in [-0.2, -0.15) is 0 Å². The van der Waals surface area contributed by atoms with Gasteiger partial charge in [0.15, 0.2) is 0 Å². The van der Waals surface area contributed by atoms with Crippen LogP contribution in [-0.2, 0) is 0 Å². The van der Waals surface area contributed by atoms with Gasteiger partial charge in [0.2, 0.25) is 0 Å². The van der Waals surface area contributed by atoms with E-state index in [0.717, 1.165) is 63.7 Å². The minimum absolute atomic E-state index is 0.0449. The molecule has 5 nitrogen and oxygen atoms in total. The first-order valence-corrected chi connectivity index (χ1v) is 12.6. The molecule has 0 unspecified atom stereocenters. The van der Waals surface area contributed by atoms with Crippen LogP contribution in [0.5, 0.6) is 0 Å². The Hall–Kier alpha value is -3.51. The summed E-state index contributed by atoms with van der Waals surface area (Å²) < 4.78 is 0.880. The summed E-state index contributed by atoms with van der Waals surface area (Å²) in [6.45, 7) is 5.72. The molecule has 0 saturated carbocycles. The Kier molecular flexibility index (Phi) is 6.39. The van der Waals surface area contributed by atoms with Gasteiger partial charge in [0.25, 0.3) is 11.8 Å². The monoisotopic (exact) mass is 527 g/mol. The number of hydrogen-bond donors (Lipinski definition) is 1. The minimum Gasteiger partial charge on any atom is -0.339 e. The van der Waals surface area contributed by atoms with Crippen LogP contribution in [0.15, 0.2) is 71.2 Å². The number of likely N-dealkylation sites (tertiary alicyclic amines) is 1. The second-order valence-electron chi connectivity index (χ2n) is 9.07. The van der Waals surface area contributed by atoms with E-state index in [9.17, 15) is 9.59 Å². The topological polar surface area (TPSA) is 62.3 Å². The molecule has 6 heteroatoms. The molecule has 0 spiro atoms. The standard InChI is InChI=1S/C29H26BrN3O2/c1-18-5-6-19(2)23(15-18)27-17-25(24-16-21(30)9-12-26(24)32-27)28(34)31-22-10-7-20(8-11-22)29(35)33-13-3-4-14-33/h5-12,15-17H,3-4,13-14H2,1-2H3,(H,31,34). The molecule has 1 fully saturated rings. The maximum atomic E-state index is 13.5. The molecule has 1 aliphatic heterocycles. The van der Waals surface area contributed by atoms with Gasteiger partial charge in [-0.15, -0.1) is 0 Å². The molecule has 4 aromatic rings. The predicted octanol–water partition coefficient (Wildman–Crippen LogP) is 6.77. The minimum atomic E-state index is -0.222. The Morgan fingerprint density at radius 1 is 0.914 bits per heavy atom. The zero-order chi connectivity index (χ0) is 24.5. The average Bonchev–Trinajstić information content (AvgIpc) is 3.40. The quantitative estimate of drug-likeness (QED) is 0.318. The molecule has 0 aliphatic carbocycles. The van der Waals surface area contributed by atoms with Crippen molar-refractivity contribution in [2.75, 3.05) is 18.4 Å². The van der Waals surface area contributed by atoms with E-state index in [1.165, 1.54) is 0 Å². The lowest BCUT2D eigenvalue weighted by Gasteiger charge is -2.15. The molecule has 3 aromatic carbocycles. The van der Waals surface area contributed by atoms with E-state index in [2.05, 4.69) is 39.4 Å². The van der Waals surface area contributed by atoms with Gasteiger partial charge in [0, 0.05) is 39.8 Å². The first-order valence-electron chi connectivity index (χ1n) is 11.8. The second kappa shape index (κ2) is 9.62. The van der Waals surface area contributed by atoms with E-state index in [1.807, 2.05) is 43.0 Å². The van der Waals surface area contributed by atoms with Crippen LogP contribution in [0.2, 0.25) is 0 Å². The largest absolute Gasteiger partial charge is 0.339 e. The Morgan fingerprint density at radius 2 is 1.66 bits per heavy atom. The van der Waals surface area contributed by atoms with E-state index in [4.69, 9.17) is 4.98 Å². The first-order chi connectivity index (χ1) is 16.9. The molecule has 1 saturated heterocycles. The van der Waals surface area contributed by atoms with Crippen molar-refractivity contribution < 1.29 is 9.59 Å². The normalized spacial score (nSPS) is 13.3. The number of halogens is 1. The van der Waals surface area contributed by atoms with Gasteiger partial charge in [0.05, 0.1) is 16.8 Å². The SMILES string of the molecule is Cc1ccc(C)c(-c2cc(C(=O)Nc3ccc(C(=O)N4CCCC4)cc3)c3cc(Br)ccc3n2)c1. The summed E-state index contributed by atoms with van der Waals surface area (Å²) in [5.41, 5.74) is 6.59. The fourth-order valence-corrected chi connectivity index (χ4v) is 4.89. The van der Waals surface area contributed by atoms with Gasteiger partial charge in [-0.3, -0.25) is 9.59 Å². The van der Waals surface area contributed by atoms with Gasteiger partial charge in [-0.1, -0.05) is 33.6 Å². The highest BCUT2D eigenvalue weighted by molar-refractivity contribution is 9.10. The molecule has 0 atom stereocenters. The zero-order valence-electron chi connectivity index (χ0n) is 19.8. The van der Waals surface area contributed by atoms with Crippen LogP contribution < -0.4 is 5.32 Å². The summed E-state index contributed by atoms with van der Waals surface area (Å²) in [6.07, 6.45) is 2.11. The number of pyridine rings is 1. The second-order valence-corrected chi connectivity index (χ2v) is 9.98. The number of carbonyl (C=O) groups excluding carboxylic acids is 2. The number of hydrogen-bond acceptors (Lipinski definition) is 3. The third kappa shape index (κ3) is 4.84. The smallest absolute Gasteiger partial charge is 0.256 e. The van der Waals surface area contributed by atoms with Gasteiger partial charge in [0.1, 0.15) is 0 Å². The van der Waals surface area contributed by atoms with Crippen LogP contribution in [0, 0.1) is 13.8 Å². The molecule has 2 heterocycles. The van der Waals surface area contributed by atoms with Crippen molar-refractivity contribution in [3.63, 3.8) is 0 Å². The zero-order valence-corrected chi connectivity index (χ0v) is 21.4. The number of anilines is 1. The van der Waals surface area contributed by atoms with E-state index >= 15 is 0 Å². The van der Waals surface area contributed by atoms with Crippen molar-refractivity contribution in [3.05, 3.63) is 93.5 Å². The molecule has 176 valence electrons. The van der Waals surface area contributed by atoms with E-state index in [-0.39, 0.29) is 11.8 Å². The van der Waals surface area contributed by atoms with Crippen molar-refractivity contribution in [1.82, 2.24) is 9.88 Å². The van der Waals surface area contributed by atoms with Crippen molar-refractivity contribution in [2.45, 2.75) is 26.7 Å². The number of amides is 2. The number of rotatable bonds is 4. The van der Waals surface area contributed by atoms with E-state index in [1.54, 1.807) is 24.3 Å². The third-order valence-corrected chi connectivity index (χ3v) is 6.96. The molecular weight excluding hydrogens is 502 g/mol. The highest BCUT2D eigenvalue weighted by Gasteiger charge is 2.20. The molecule has 35 heavy (non-hydrogen) atoms. The predicted molar refractivity (Wildman–Crippen MR) is 144 cm³/mol. The van der Waals surface area contributed by atoms with Crippen LogP contribution >= 0.6 is 15.9 Å². The fraction of sp³-hybridized carbons (Fsp3) is 0.207.